The first-order valence-electron chi connectivity index (χ1n) is 12.9. The molecular weight excluding hydrogens is 515 g/mol. The van der Waals surface area contributed by atoms with Crippen LogP contribution in [0.15, 0.2) is 78.9 Å². The zero-order valence-corrected chi connectivity index (χ0v) is 24.8. The molecule has 36 heavy (non-hydrogen) atoms. The summed E-state index contributed by atoms with van der Waals surface area (Å²) < 4.78 is 6.48. The topological polar surface area (TPSA) is 3.01 Å². The number of thiophene rings is 1. The molecule has 0 bridgehead atoms. The van der Waals surface area contributed by atoms with Gasteiger partial charge in [0.15, 0.2) is 0 Å². The average molecular weight is 548 g/mol. The second-order valence-electron chi connectivity index (χ2n) is 11.5. The number of benzene rings is 4. The van der Waals surface area contributed by atoms with E-state index < -0.39 is 13.3 Å². The third-order valence-corrected chi connectivity index (χ3v) is 12.7. The number of rotatable bonds is 4. The van der Waals surface area contributed by atoms with Crippen LogP contribution in [-0.4, -0.2) is 24.6 Å². The molecule has 180 valence electrons. The molecule has 1 aromatic heterocycles. The molecule has 0 radical (unpaired) electrons. The van der Waals surface area contributed by atoms with Crippen LogP contribution in [0.1, 0.15) is 30.5 Å². The summed E-state index contributed by atoms with van der Waals surface area (Å²) >= 11 is -0.347. The van der Waals surface area contributed by atoms with Crippen LogP contribution in [0.5, 0.6) is 0 Å². The standard InChI is InChI=1S/C33H33GeNS/c1-21(2)17-22-18-26-25-13-9-10-14-31(25)36-33(26)27(19-22)30-20-28(34(3,4)5)32-24-12-8-7-11-23(24)15-16-29(32)35(30)6/h7-16,18-21H,6,17H2,1-5H3. The summed E-state index contributed by atoms with van der Waals surface area (Å²) in [7, 11) is 0. The fourth-order valence-corrected chi connectivity index (χ4v) is 10.2. The van der Waals surface area contributed by atoms with E-state index in [4.69, 9.17) is 0 Å². The molecule has 0 saturated carbocycles. The van der Waals surface area contributed by atoms with E-state index in [9.17, 15) is 0 Å². The zero-order chi connectivity index (χ0) is 25.2. The van der Waals surface area contributed by atoms with Gasteiger partial charge in [-0.25, -0.2) is 0 Å². The van der Waals surface area contributed by atoms with Crippen LogP contribution in [0.25, 0.3) is 35.4 Å². The van der Waals surface area contributed by atoms with Gasteiger partial charge in [-0.1, -0.05) is 0 Å². The molecule has 6 rings (SSSR count). The van der Waals surface area contributed by atoms with Gasteiger partial charge in [-0.15, -0.1) is 0 Å². The molecule has 0 atom stereocenters. The number of nitrogens with zero attached hydrogens (tertiary/aromatic N) is 1. The maximum absolute atomic E-state index is 4.65. The van der Waals surface area contributed by atoms with E-state index in [0.717, 1.165) is 6.42 Å². The Balaban J connectivity index is 1.66. The Kier molecular flexibility index (Phi) is 5.66. The third kappa shape index (κ3) is 3.82. The quantitative estimate of drug-likeness (QED) is 0.0911. The molecule has 0 N–H and O–H groups in total. The van der Waals surface area contributed by atoms with Crippen LogP contribution in [0, 0.1) is 12.0 Å². The Bertz CT molecular complexity index is 1700. The van der Waals surface area contributed by atoms with E-state index >= 15 is 0 Å². The molecule has 1 aliphatic rings. The predicted molar refractivity (Wildman–Crippen MR) is 163 cm³/mol. The van der Waals surface area contributed by atoms with Gasteiger partial charge in [0.2, 0.25) is 0 Å². The minimum atomic E-state index is -2.26. The molecule has 5 aromatic rings. The van der Waals surface area contributed by atoms with E-state index in [1.54, 1.807) is 4.41 Å². The van der Waals surface area contributed by atoms with E-state index in [0.29, 0.717) is 5.92 Å². The van der Waals surface area contributed by atoms with E-state index in [1.807, 2.05) is 11.3 Å². The first kappa shape index (κ1) is 23.6. The van der Waals surface area contributed by atoms with Crippen molar-refractivity contribution < 1.29 is 4.58 Å². The summed E-state index contributed by atoms with van der Waals surface area (Å²) in [5, 5.41) is 5.38. The van der Waals surface area contributed by atoms with Gasteiger partial charge in [0.25, 0.3) is 0 Å². The minimum absolute atomic E-state index is 0.607. The van der Waals surface area contributed by atoms with Crippen LogP contribution in [0.2, 0.25) is 17.3 Å². The Morgan fingerprint density at radius 1 is 0.944 bits per heavy atom. The van der Waals surface area contributed by atoms with Crippen molar-refractivity contribution in [3.05, 3.63) is 102 Å². The van der Waals surface area contributed by atoms with Gasteiger partial charge in [-0.3, -0.25) is 0 Å². The van der Waals surface area contributed by atoms with Crippen LogP contribution in [0.3, 0.4) is 0 Å². The molecule has 0 unspecified atom stereocenters. The van der Waals surface area contributed by atoms with Gasteiger partial charge in [-0.2, -0.15) is 0 Å². The van der Waals surface area contributed by atoms with Crippen LogP contribution < -0.4 is 0 Å². The molecule has 4 aromatic carbocycles. The van der Waals surface area contributed by atoms with E-state index in [2.05, 4.69) is 121 Å². The summed E-state index contributed by atoms with van der Waals surface area (Å²) in [6.07, 6.45) is 3.58. The molecule has 0 saturated heterocycles. The monoisotopic (exact) mass is 549 g/mol. The van der Waals surface area contributed by atoms with Gasteiger partial charge < -0.3 is 0 Å². The fraction of sp³-hybridized carbons (Fsp3) is 0.212. The molecule has 1 nitrogen and oxygen atoms in total. The van der Waals surface area contributed by atoms with Gasteiger partial charge in [0.05, 0.1) is 0 Å². The van der Waals surface area contributed by atoms with Crippen LogP contribution in [0.4, 0.5) is 5.69 Å². The Hall–Kier alpha value is -2.82. The number of fused-ring (bicyclic) bond motifs is 6. The Morgan fingerprint density at radius 3 is 2.50 bits per heavy atom. The van der Waals surface area contributed by atoms with Crippen LogP contribution >= 0.6 is 11.3 Å². The second kappa shape index (κ2) is 8.64. The van der Waals surface area contributed by atoms with Crippen molar-refractivity contribution in [3.63, 3.8) is 0 Å². The predicted octanol–water partition coefficient (Wildman–Crippen LogP) is 9.61. The summed E-state index contributed by atoms with van der Waals surface area (Å²) in [4.78, 5) is 0. The van der Waals surface area contributed by atoms with E-state index in [-0.39, 0.29) is 0 Å². The number of hydrogen-bond donors (Lipinski definition) is 0. The SMILES string of the molecule is C=[N+]1c2ccc3ccccc3c2[C]([Ge]([CH3])([CH3])[CH3])=C[C-]1c1cc(CC(C)C)cc2c1[s+][c-]1ccccc21. The first-order valence-corrected chi connectivity index (χ1v) is 21.0. The van der Waals surface area contributed by atoms with E-state index in [1.165, 1.54) is 59.4 Å². The summed E-state index contributed by atoms with van der Waals surface area (Å²) in [5.41, 5.74) is 5.35. The van der Waals surface area contributed by atoms with Crippen molar-refractivity contribution in [3.8, 4) is 0 Å². The summed E-state index contributed by atoms with van der Waals surface area (Å²) in [6, 6.07) is 28.3. The molecule has 0 spiro atoms. The maximum atomic E-state index is 4.65. The van der Waals surface area contributed by atoms with Crippen molar-refractivity contribution in [2.75, 3.05) is 0 Å². The first-order chi connectivity index (χ1) is 17.2. The molecule has 0 aliphatic carbocycles. The average Bonchev–Trinajstić information content (AvgIpc) is 3.21. The van der Waals surface area contributed by atoms with Gasteiger partial charge in [0, 0.05) is 0 Å². The zero-order valence-electron chi connectivity index (χ0n) is 21.9. The summed E-state index contributed by atoms with van der Waals surface area (Å²) in [5.74, 6) is 8.14. The van der Waals surface area contributed by atoms with Crippen molar-refractivity contribution in [2.45, 2.75) is 37.5 Å². The van der Waals surface area contributed by atoms with Gasteiger partial charge >= 0.3 is 222 Å². The van der Waals surface area contributed by atoms with Gasteiger partial charge in [0.1, 0.15) is 0 Å². The normalized spacial score (nSPS) is 14.2. The second-order valence-corrected chi connectivity index (χ2v) is 23.1. The third-order valence-electron chi connectivity index (χ3n) is 7.30. The molecular formula is C33H33GeNS. The van der Waals surface area contributed by atoms with Crippen LogP contribution in [-0.2, 0) is 6.42 Å². The molecule has 2 heterocycles. The van der Waals surface area contributed by atoms with Crippen molar-refractivity contribution in [1.29, 1.82) is 0 Å². The molecule has 0 fully saturated rings. The molecule has 0 amide bonds. The van der Waals surface area contributed by atoms with Crippen molar-refractivity contribution in [2.24, 2.45) is 5.92 Å². The number of hydrogen-bond acceptors (Lipinski definition) is 0. The van der Waals surface area contributed by atoms with Crippen molar-refractivity contribution >= 4 is 72.4 Å². The summed E-state index contributed by atoms with van der Waals surface area (Å²) in [6.45, 7) is 9.27. The fourth-order valence-electron chi connectivity index (χ4n) is 5.67. The van der Waals surface area contributed by atoms with Crippen molar-refractivity contribution in [1.82, 2.24) is 0 Å². The van der Waals surface area contributed by atoms with Gasteiger partial charge in [-0.05, 0) is 0 Å². The molecule has 1 aliphatic heterocycles. The molecule has 3 heteroatoms. The Morgan fingerprint density at radius 2 is 1.72 bits per heavy atom. The Labute approximate surface area is 221 Å².